The lowest BCUT2D eigenvalue weighted by Crippen LogP contribution is -2.27. The summed E-state index contributed by atoms with van der Waals surface area (Å²) in [6, 6.07) is 18.3. The van der Waals surface area contributed by atoms with Crippen LogP contribution in [0, 0.1) is 5.92 Å². The highest BCUT2D eigenvalue weighted by molar-refractivity contribution is 6.32. The summed E-state index contributed by atoms with van der Waals surface area (Å²) < 4.78 is 5.80. The van der Waals surface area contributed by atoms with Crippen LogP contribution >= 0.6 is 11.6 Å². The Labute approximate surface area is 143 Å². The van der Waals surface area contributed by atoms with E-state index in [4.69, 9.17) is 22.1 Å². The van der Waals surface area contributed by atoms with E-state index in [0.717, 1.165) is 31.9 Å². The molecule has 0 unspecified atom stereocenters. The molecule has 0 bridgehead atoms. The topological polar surface area (TPSA) is 38.5 Å². The molecular formula is C19H23ClN2O. The summed E-state index contributed by atoms with van der Waals surface area (Å²) in [5.41, 5.74) is 7.37. The predicted octanol–water partition coefficient (Wildman–Crippen LogP) is 3.39. The molecule has 0 amide bonds. The number of nitrogens with zero attached hydrogens (tertiary/aromatic N) is 1. The largest absolute Gasteiger partial charge is 0.491 e. The molecule has 0 spiro atoms. The number of halogens is 1. The second kappa shape index (κ2) is 7.82. The summed E-state index contributed by atoms with van der Waals surface area (Å²) in [4.78, 5) is 2.44. The monoisotopic (exact) mass is 330 g/mol. The van der Waals surface area contributed by atoms with Gasteiger partial charge >= 0.3 is 0 Å². The van der Waals surface area contributed by atoms with Crippen LogP contribution in [0.5, 0.6) is 5.75 Å². The van der Waals surface area contributed by atoms with Crippen LogP contribution in [0.3, 0.4) is 0 Å². The summed E-state index contributed by atoms with van der Waals surface area (Å²) in [5, 5.41) is 0.663. The van der Waals surface area contributed by atoms with Gasteiger partial charge in [0.1, 0.15) is 12.4 Å². The molecule has 2 aromatic rings. The number of rotatable bonds is 6. The van der Waals surface area contributed by atoms with E-state index >= 15 is 0 Å². The summed E-state index contributed by atoms with van der Waals surface area (Å²) >= 11 is 6.11. The molecule has 1 fully saturated rings. The van der Waals surface area contributed by atoms with Crippen molar-refractivity contribution in [2.45, 2.75) is 5.92 Å². The maximum absolute atomic E-state index is 6.11. The molecule has 0 radical (unpaired) electrons. The lowest BCUT2D eigenvalue weighted by Gasteiger charge is -2.17. The van der Waals surface area contributed by atoms with Crippen LogP contribution < -0.4 is 10.5 Å². The molecule has 4 heteroatoms. The van der Waals surface area contributed by atoms with Crippen LogP contribution in [0.1, 0.15) is 11.5 Å². The smallest absolute Gasteiger partial charge is 0.137 e. The van der Waals surface area contributed by atoms with E-state index in [1.54, 1.807) is 0 Å². The van der Waals surface area contributed by atoms with E-state index in [-0.39, 0.29) is 0 Å². The zero-order chi connectivity index (χ0) is 16.1. The van der Waals surface area contributed by atoms with Gasteiger partial charge < -0.3 is 10.5 Å². The number of benzene rings is 2. The Hall–Kier alpha value is -1.55. The minimum atomic E-state index is 0.512. The van der Waals surface area contributed by atoms with Crippen LogP contribution in [0.4, 0.5) is 0 Å². The fourth-order valence-electron chi connectivity index (χ4n) is 3.31. The van der Waals surface area contributed by atoms with Crippen LogP contribution in [0.25, 0.3) is 0 Å². The predicted molar refractivity (Wildman–Crippen MR) is 95.1 cm³/mol. The maximum Gasteiger partial charge on any atom is 0.137 e. The molecule has 1 aliphatic rings. The average Bonchev–Trinajstić information content (AvgIpc) is 3.01. The average molecular weight is 331 g/mol. The van der Waals surface area contributed by atoms with Gasteiger partial charge in [-0.05, 0) is 30.2 Å². The normalized spacial score (nSPS) is 21.5. The molecule has 3 nitrogen and oxygen atoms in total. The van der Waals surface area contributed by atoms with Crippen molar-refractivity contribution in [2.75, 3.05) is 32.8 Å². The third kappa shape index (κ3) is 4.05. The third-order valence-electron chi connectivity index (χ3n) is 4.55. The van der Waals surface area contributed by atoms with E-state index in [1.807, 2.05) is 24.3 Å². The van der Waals surface area contributed by atoms with Gasteiger partial charge in [0.15, 0.2) is 0 Å². The quantitative estimate of drug-likeness (QED) is 0.882. The van der Waals surface area contributed by atoms with Crippen LogP contribution in [-0.2, 0) is 0 Å². The fraction of sp³-hybridized carbons (Fsp3) is 0.368. The maximum atomic E-state index is 6.11. The summed E-state index contributed by atoms with van der Waals surface area (Å²) in [6.07, 6.45) is 0. The van der Waals surface area contributed by atoms with Crippen molar-refractivity contribution in [3.63, 3.8) is 0 Å². The van der Waals surface area contributed by atoms with Crippen LogP contribution in [0.2, 0.25) is 5.02 Å². The molecule has 1 saturated heterocycles. The lowest BCUT2D eigenvalue weighted by molar-refractivity contribution is 0.232. The highest BCUT2D eigenvalue weighted by Gasteiger charge is 2.32. The molecule has 2 aromatic carbocycles. The molecule has 0 saturated carbocycles. The Kier molecular flexibility index (Phi) is 5.55. The fourth-order valence-corrected chi connectivity index (χ4v) is 3.50. The Morgan fingerprint density at radius 2 is 1.78 bits per heavy atom. The molecule has 23 heavy (non-hydrogen) atoms. The Morgan fingerprint density at radius 1 is 1.04 bits per heavy atom. The van der Waals surface area contributed by atoms with Crippen molar-refractivity contribution in [1.29, 1.82) is 0 Å². The molecule has 2 N–H and O–H groups in total. The Bertz CT molecular complexity index is 620. The summed E-state index contributed by atoms with van der Waals surface area (Å²) in [7, 11) is 0. The van der Waals surface area contributed by atoms with E-state index < -0.39 is 0 Å². The molecule has 3 rings (SSSR count). The first-order valence-corrected chi connectivity index (χ1v) is 8.50. The third-order valence-corrected chi connectivity index (χ3v) is 4.86. The van der Waals surface area contributed by atoms with E-state index in [1.165, 1.54) is 5.56 Å². The highest BCUT2D eigenvalue weighted by Crippen LogP contribution is 2.32. The van der Waals surface area contributed by atoms with Gasteiger partial charge in [-0.15, -0.1) is 0 Å². The van der Waals surface area contributed by atoms with Gasteiger partial charge in [-0.2, -0.15) is 0 Å². The van der Waals surface area contributed by atoms with E-state index in [2.05, 4.69) is 35.2 Å². The highest BCUT2D eigenvalue weighted by atomic mass is 35.5. The molecule has 1 aliphatic heterocycles. The van der Waals surface area contributed by atoms with Crippen molar-refractivity contribution in [3.05, 3.63) is 65.2 Å². The van der Waals surface area contributed by atoms with Gasteiger partial charge in [0.2, 0.25) is 0 Å². The first-order chi connectivity index (χ1) is 11.3. The summed E-state index contributed by atoms with van der Waals surface area (Å²) in [5.74, 6) is 1.78. The van der Waals surface area contributed by atoms with Crippen molar-refractivity contribution >= 4 is 11.6 Å². The second-order valence-corrected chi connectivity index (χ2v) is 6.46. The Balaban J connectivity index is 1.55. The van der Waals surface area contributed by atoms with Crippen molar-refractivity contribution in [3.8, 4) is 5.75 Å². The number of likely N-dealkylation sites (tertiary alicyclic amines) is 1. The zero-order valence-corrected chi connectivity index (χ0v) is 14.0. The summed E-state index contributed by atoms with van der Waals surface area (Å²) in [6.45, 7) is 4.33. The van der Waals surface area contributed by atoms with Crippen molar-refractivity contribution < 1.29 is 4.74 Å². The second-order valence-electron chi connectivity index (χ2n) is 6.05. The van der Waals surface area contributed by atoms with E-state index in [0.29, 0.717) is 23.5 Å². The standard InChI is InChI=1S/C19H23ClN2O/c20-18-8-4-5-9-19(18)23-11-10-22-13-16(12-21)17(14-22)15-6-2-1-3-7-15/h1-9,16-17H,10-14,21H2/t16-,17+/m1/s1. The van der Waals surface area contributed by atoms with Crippen LogP contribution in [-0.4, -0.2) is 37.7 Å². The molecule has 1 heterocycles. The number of nitrogens with two attached hydrogens (primary N) is 1. The molecule has 122 valence electrons. The van der Waals surface area contributed by atoms with Gasteiger partial charge in [0, 0.05) is 25.6 Å². The van der Waals surface area contributed by atoms with Gasteiger partial charge in [0.05, 0.1) is 5.02 Å². The lowest BCUT2D eigenvalue weighted by atomic mass is 9.89. The van der Waals surface area contributed by atoms with Gasteiger partial charge in [0.25, 0.3) is 0 Å². The Morgan fingerprint density at radius 3 is 2.52 bits per heavy atom. The molecular weight excluding hydrogens is 308 g/mol. The zero-order valence-electron chi connectivity index (χ0n) is 13.2. The SMILES string of the molecule is NC[C@@H]1CN(CCOc2ccccc2Cl)C[C@H]1c1ccccc1. The number of ether oxygens (including phenoxy) is 1. The van der Waals surface area contributed by atoms with Crippen molar-refractivity contribution in [2.24, 2.45) is 11.7 Å². The number of hydrogen-bond acceptors (Lipinski definition) is 3. The number of hydrogen-bond donors (Lipinski definition) is 1. The van der Waals surface area contributed by atoms with Gasteiger partial charge in [-0.1, -0.05) is 54.1 Å². The molecule has 0 aromatic heterocycles. The number of para-hydroxylation sites is 1. The van der Waals surface area contributed by atoms with Gasteiger partial charge in [-0.25, -0.2) is 0 Å². The van der Waals surface area contributed by atoms with E-state index in [9.17, 15) is 0 Å². The molecule has 2 atom stereocenters. The molecule has 0 aliphatic carbocycles. The van der Waals surface area contributed by atoms with Crippen molar-refractivity contribution in [1.82, 2.24) is 4.90 Å². The first kappa shape index (κ1) is 16.3. The minimum absolute atomic E-state index is 0.512. The minimum Gasteiger partial charge on any atom is -0.491 e. The first-order valence-electron chi connectivity index (χ1n) is 8.12. The van der Waals surface area contributed by atoms with Crippen LogP contribution in [0.15, 0.2) is 54.6 Å². The van der Waals surface area contributed by atoms with Gasteiger partial charge in [-0.3, -0.25) is 4.90 Å².